The lowest BCUT2D eigenvalue weighted by Crippen LogP contribution is -2.20. The molecule has 10 heteroatoms. The quantitative estimate of drug-likeness (QED) is 0.0881. The third-order valence-electron chi connectivity index (χ3n) is 16.6. The predicted octanol–water partition coefficient (Wildman–Crippen LogP) is 20.6. The number of hydrogen-bond donors (Lipinski definition) is 3. The fourth-order valence-corrected chi connectivity index (χ4v) is 12.5. The molecular weight excluding hydrogens is 1130 g/mol. The van der Waals surface area contributed by atoms with Crippen molar-refractivity contribution in [2.45, 2.75) is 0 Å². The van der Waals surface area contributed by atoms with Crippen molar-refractivity contribution in [2.75, 3.05) is 21.3 Å². The van der Waals surface area contributed by atoms with Crippen LogP contribution in [0.3, 0.4) is 0 Å². The largest absolute Gasteiger partial charge is 0.483 e. The summed E-state index contributed by atoms with van der Waals surface area (Å²) in [6.07, 6.45) is 8.40. The number of rotatable bonds is 16. The van der Waals surface area contributed by atoms with Crippen molar-refractivity contribution in [3.8, 4) is 50.3 Å². The van der Waals surface area contributed by atoms with E-state index in [0.29, 0.717) is 11.4 Å². The maximum atomic E-state index is 12.4. The first kappa shape index (κ1) is 56.0. The van der Waals surface area contributed by atoms with Crippen LogP contribution in [0.1, 0.15) is 22.8 Å². The first-order valence-corrected chi connectivity index (χ1v) is 30.6. The van der Waals surface area contributed by atoms with Crippen LogP contribution in [0, 0.1) is 0 Å². The van der Waals surface area contributed by atoms with Crippen molar-refractivity contribution < 1.29 is 9.53 Å². The Morgan fingerprint density at radius 2 is 0.554 bits per heavy atom. The molecule has 0 aliphatic carbocycles. The van der Waals surface area contributed by atoms with E-state index in [4.69, 9.17) is 20.4 Å². The van der Waals surface area contributed by atoms with E-state index in [-0.39, 0.29) is 6.61 Å². The Kier molecular flexibility index (Phi) is 15.2. The van der Waals surface area contributed by atoms with E-state index in [1.807, 2.05) is 60.7 Å². The molecule has 8 bridgehead atoms. The Morgan fingerprint density at radius 1 is 0.304 bits per heavy atom. The average molecular weight is 1190 g/mol. The van der Waals surface area contributed by atoms with Crippen LogP contribution in [0.25, 0.3) is 90.9 Å². The van der Waals surface area contributed by atoms with Crippen LogP contribution < -0.4 is 25.2 Å². The molecule has 13 aromatic rings. The molecule has 0 spiro atoms. The topological polar surface area (TPSA) is 119 Å². The van der Waals surface area contributed by atoms with Gasteiger partial charge in [-0.3, -0.25) is 4.79 Å². The second kappa shape index (κ2) is 24.9. The third-order valence-corrected chi connectivity index (χ3v) is 16.6. The lowest BCUT2D eigenvalue weighted by atomic mass is 10.0. The summed E-state index contributed by atoms with van der Waals surface area (Å²) in [5.41, 5.74) is 28.4. The van der Waals surface area contributed by atoms with E-state index < -0.39 is 5.91 Å². The molecule has 2 aliphatic heterocycles. The standard InChI is InChI=1S/C82H60N8O2/c83-78(91)55-92-77-34-20-19-33-68(77)82-75-53-51-73(86-75)80(57-37-43-66(44-38-57)89(61-25-11-3-12-26-61)62-27-13-4-14-28-62)71-49-47-69(84-71)79(56-35-41-65(42-36-56)88(59-21-7-1-8-22-59)60-23-9-2-10-24-60)70-48-50-72(85-70)81(74-52-54-76(82)87-74)58-39-45-67(46-40-58)90(63-29-15-5-16-30-63)64-31-17-6-18-32-64/h1-54,84,87H,55H2,(H2,83,91). The van der Waals surface area contributed by atoms with E-state index in [2.05, 4.69) is 292 Å². The number of para-hydroxylation sites is 7. The summed E-state index contributed by atoms with van der Waals surface area (Å²) in [5, 5.41) is 0. The Hall–Kier alpha value is -12.5. The number of hydrogen-bond acceptors (Lipinski definition) is 7. The summed E-state index contributed by atoms with van der Waals surface area (Å²) in [4.78, 5) is 38.4. The number of carbonyl (C=O) groups is 1. The number of H-pyrrole nitrogens is 2. The Balaban J connectivity index is 0.983. The fraction of sp³-hybridized carbons (Fsp3) is 0.0122. The van der Waals surface area contributed by atoms with Crippen LogP contribution in [-0.4, -0.2) is 32.4 Å². The number of primary amides is 1. The van der Waals surface area contributed by atoms with Gasteiger partial charge in [-0.1, -0.05) is 164 Å². The molecule has 3 aromatic heterocycles. The number of amides is 1. The first-order valence-electron chi connectivity index (χ1n) is 30.6. The van der Waals surface area contributed by atoms with Gasteiger partial charge >= 0.3 is 0 Å². The second-order valence-corrected chi connectivity index (χ2v) is 22.4. The highest BCUT2D eigenvalue weighted by molar-refractivity contribution is 6.01. The van der Waals surface area contributed by atoms with Gasteiger partial charge in [0.1, 0.15) is 5.75 Å². The molecule has 92 heavy (non-hydrogen) atoms. The van der Waals surface area contributed by atoms with Crippen LogP contribution in [0.4, 0.5) is 51.2 Å². The van der Waals surface area contributed by atoms with Crippen LogP contribution in [-0.2, 0) is 4.79 Å². The lowest BCUT2D eigenvalue weighted by molar-refractivity contribution is -0.119. The first-order chi connectivity index (χ1) is 45.5. The predicted molar refractivity (Wildman–Crippen MR) is 379 cm³/mol. The lowest BCUT2D eigenvalue weighted by Gasteiger charge is -2.25. The molecule has 2 aliphatic rings. The van der Waals surface area contributed by atoms with Gasteiger partial charge in [0.2, 0.25) is 0 Å². The molecule has 10 aromatic carbocycles. The van der Waals surface area contributed by atoms with E-state index in [9.17, 15) is 4.79 Å². The van der Waals surface area contributed by atoms with Gasteiger partial charge in [0.05, 0.1) is 22.8 Å². The van der Waals surface area contributed by atoms with Crippen molar-refractivity contribution in [3.63, 3.8) is 0 Å². The van der Waals surface area contributed by atoms with E-state index in [1.54, 1.807) is 0 Å². The highest BCUT2D eigenvalue weighted by atomic mass is 16.5. The molecule has 0 unspecified atom stereocenters. The van der Waals surface area contributed by atoms with Crippen molar-refractivity contribution in [3.05, 3.63) is 326 Å². The Bertz CT molecular complexity index is 4790. The van der Waals surface area contributed by atoms with Gasteiger partial charge in [-0.15, -0.1) is 0 Å². The van der Waals surface area contributed by atoms with E-state index >= 15 is 0 Å². The summed E-state index contributed by atoms with van der Waals surface area (Å²) >= 11 is 0. The van der Waals surface area contributed by atoms with Crippen LogP contribution in [0.2, 0.25) is 0 Å². The van der Waals surface area contributed by atoms with Gasteiger partial charge in [0.25, 0.3) is 5.91 Å². The number of anilines is 9. The number of aromatic amines is 2. The molecule has 15 rings (SSSR count). The SMILES string of the molecule is NC(=O)COc1ccccc1-c1c2nc(c(-c3ccc(N(c4ccccc4)c4ccccc4)cc3)c3ccc([nH]3)c(-c3ccc(N(c4ccccc4)c4ccccc4)cc3)c3nc(c(-c4ccc(N(c5ccccc5)c5ccccc5)cc4)c4ccc1[nH]4)C=C3)C=C2. The molecule has 1 amide bonds. The van der Waals surface area contributed by atoms with Crippen LogP contribution >= 0.6 is 0 Å². The summed E-state index contributed by atoms with van der Waals surface area (Å²) in [7, 11) is 0. The van der Waals surface area contributed by atoms with Crippen LogP contribution in [0.15, 0.2) is 303 Å². The van der Waals surface area contributed by atoms with E-state index in [1.165, 1.54) is 0 Å². The van der Waals surface area contributed by atoms with Crippen LogP contribution in [0.5, 0.6) is 5.75 Å². The summed E-state index contributed by atoms with van der Waals surface area (Å²) in [6.45, 7) is -0.303. The number of nitrogens with zero attached hydrogens (tertiary/aromatic N) is 5. The van der Waals surface area contributed by atoms with Gasteiger partial charge < -0.3 is 35.1 Å². The van der Waals surface area contributed by atoms with Gasteiger partial charge in [-0.2, -0.15) is 0 Å². The zero-order chi connectivity index (χ0) is 61.7. The minimum absolute atomic E-state index is 0.303. The fourth-order valence-electron chi connectivity index (χ4n) is 12.5. The number of fused-ring (bicyclic) bond motifs is 8. The number of carbonyl (C=O) groups excluding carboxylic acids is 1. The number of benzene rings is 10. The smallest absolute Gasteiger partial charge is 0.255 e. The number of aromatic nitrogens is 4. The highest BCUT2D eigenvalue weighted by Gasteiger charge is 2.23. The molecule has 0 saturated carbocycles. The highest BCUT2D eigenvalue weighted by Crippen LogP contribution is 2.44. The number of nitrogens with two attached hydrogens (primary N) is 1. The summed E-state index contributed by atoms with van der Waals surface area (Å²) < 4.78 is 6.23. The summed E-state index contributed by atoms with van der Waals surface area (Å²) in [5.74, 6) is -0.0957. The van der Waals surface area contributed by atoms with Gasteiger partial charge in [0, 0.05) is 101 Å². The molecule has 0 atom stereocenters. The Morgan fingerprint density at radius 3 is 0.848 bits per heavy atom. The Labute approximate surface area is 533 Å². The maximum absolute atomic E-state index is 12.4. The normalized spacial score (nSPS) is 11.5. The maximum Gasteiger partial charge on any atom is 0.255 e. The molecule has 0 radical (unpaired) electrons. The second-order valence-electron chi connectivity index (χ2n) is 22.4. The molecule has 440 valence electrons. The van der Waals surface area contributed by atoms with Gasteiger partial charge in [0.15, 0.2) is 6.61 Å². The molecule has 0 fully saturated rings. The van der Waals surface area contributed by atoms with Crippen molar-refractivity contribution in [1.29, 1.82) is 0 Å². The number of ether oxygens (including phenoxy) is 1. The minimum Gasteiger partial charge on any atom is -0.483 e. The minimum atomic E-state index is -0.581. The number of nitrogens with one attached hydrogen (secondary N) is 2. The average Bonchev–Trinajstić information content (AvgIpc) is 1.71. The third kappa shape index (κ3) is 11.2. The van der Waals surface area contributed by atoms with Gasteiger partial charge in [-0.25, -0.2) is 9.97 Å². The van der Waals surface area contributed by atoms with Crippen molar-refractivity contribution >= 4 is 103 Å². The molecule has 10 nitrogen and oxygen atoms in total. The van der Waals surface area contributed by atoms with Gasteiger partial charge in [-0.05, 0) is 181 Å². The van der Waals surface area contributed by atoms with Crippen molar-refractivity contribution in [2.24, 2.45) is 5.73 Å². The molecule has 5 heterocycles. The van der Waals surface area contributed by atoms with E-state index in [0.717, 1.165) is 135 Å². The zero-order valence-corrected chi connectivity index (χ0v) is 50.0. The van der Waals surface area contributed by atoms with Crippen molar-refractivity contribution in [1.82, 2.24) is 19.9 Å². The molecule has 0 saturated heterocycles. The molecular formula is C82H60N8O2. The summed E-state index contributed by atoms with van der Waals surface area (Å²) in [6, 6.07) is 105. The zero-order valence-electron chi connectivity index (χ0n) is 50.0. The molecule has 4 N–H and O–H groups in total. The monoisotopic (exact) mass is 1190 g/mol.